The Morgan fingerprint density at radius 2 is 1.72 bits per heavy atom. The molecule has 0 saturated heterocycles. The van der Waals surface area contributed by atoms with E-state index in [1.807, 2.05) is 0 Å². The van der Waals surface area contributed by atoms with Crippen molar-refractivity contribution in [3.8, 4) is 11.7 Å². The Labute approximate surface area is 102 Å². The number of ether oxygens (including phenoxy) is 4. The lowest BCUT2D eigenvalue weighted by Crippen LogP contribution is -2.11. The zero-order chi connectivity index (χ0) is 13.7. The summed E-state index contributed by atoms with van der Waals surface area (Å²) in [5.74, 6) is -0.634. The lowest BCUT2D eigenvalue weighted by Gasteiger charge is -2.03. The predicted molar refractivity (Wildman–Crippen MR) is 57.3 cm³/mol. The normalized spacial score (nSPS) is 9.50. The minimum atomic E-state index is -1.05. The van der Waals surface area contributed by atoms with Crippen molar-refractivity contribution in [2.45, 2.75) is 6.92 Å². The summed E-state index contributed by atoms with van der Waals surface area (Å²) in [6, 6.07) is 0. The molecule has 1 aromatic heterocycles. The van der Waals surface area contributed by atoms with Crippen molar-refractivity contribution in [1.82, 2.24) is 5.16 Å². The summed E-state index contributed by atoms with van der Waals surface area (Å²) >= 11 is 0. The number of carbonyl (C=O) groups is 2. The van der Waals surface area contributed by atoms with Gasteiger partial charge in [-0.15, -0.1) is 0 Å². The van der Waals surface area contributed by atoms with Gasteiger partial charge in [-0.2, -0.15) is 0 Å². The highest BCUT2D eigenvalue weighted by atomic mass is 16.8. The molecule has 0 amide bonds. The maximum Gasteiger partial charge on any atom is 0.516 e. The Bertz CT molecular complexity index is 477. The van der Waals surface area contributed by atoms with Crippen molar-refractivity contribution < 1.29 is 33.1 Å². The second-order valence-electron chi connectivity index (χ2n) is 3.04. The van der Waals surface area contributed by atoms with E-state index in [1.165, 1.54) is 0 Å². The SMILES string of the molecule is C=C(C)c1noc(OC(=O)OC)c1OC(=O)OC. The Balaban J connectivity index is 3.06. The number of hydrogen-bond donors (Lipinski definition) is 0. The maximum atomic E-state index is 11.0. The second-order valence-corrected chi connectivity index (χ2v) is 3.04. The Hall–Kier alpha value is -2.51. The lowest BCUT2D eigenvalue weighted by atomic mass is 10.2. The van der Waals surface area contributed by atoms with E-state index in [-0.39, 0.29) is 11.4 Å². The number of aromatic nitrogens is 1. The molecule has 98 valence electrons. The Morgan fingerprint density at radius 1 is 1.17 bits per heavy atom. The fourth-order valence-electron chi connectivity index (χ4n) is 0.936. The van der Waals surface area contributed by atoms with Gasteiger partial charge in [0.15, 0.2) is 5.69 Å². The molecule has 1 aromatic rings. The van der Waals surface area contributed by atoms with Crippen LogP contribution in [0.1, 0.15) is 12.6 Å². The van der Waals surface area contributed by atoms with Crippen LogP contribution >= 0.6 is 0 Å². The van der Waals surface area contributed by atoms with Gasteiger partial charge in [0.25, 0.3) is 0 Å². The van der Waals surface area contributed by atoms with Crippen LogP contribution in [-0.2, 0) is 9.47 Å². The standard InChI is InChI=1S/C10H11NO7/c1-5(2)6-7(16-9(12)14-3)8(18-11-6)17-10(13)15-4/h1H2,2-4H3. The third-order valence-electron chi connectivity index (χ3n) is 1.72. The molecule has 0 atom stereocenters. The molecule has 0 aromatic carbocycles. The van der Waals surface area contributed by atoms with Crippen LogP contribution in [0, 0.1) is 0 Å². The van der Waals surface area contributed by atoms with E-state index in [4.69, 9.17) is 9.26 Å². The van der Waals surface area contributed by atoms with E-state index in [9.17, 15) is 9.59 Å². The summed E-state index contributed by atoms with van der Waals surface area (Å²) in [6.07, 6.45) is -2.07. The number of hydrogen-bond acceptors (Lipinski definition) is 8. The number of methoxy groups -OCH3 is 2. The van der Waals surface area contributed by atoms with E-state index in [2.05, 4.69) is 25.9 Å². The molecular weight excluding hydrogens is 246 g/mol. The van der Waals surface area contributed by atoms with Crippen LogP contribution in [0.5, 0.6) is 11.7 Å². The molecule has 0 aliphatic rings. The van der Waals surface area contributed by atoms with Crippen molar-refractivity contribution >= 4 is 17.9 Å². The molecule has 18 heavy (non-hydrogen) atoms. The van der Waals surface area contributed by atoms with Gasteiger partial charge in [-0.25, -0.2) is 9.59 Å². The van der Waals surface area contributed by atoms with Crippen molar-refractivity contribution in [2.24, 2.45) is 0 Å². The summed E-state index contributed by atoms with van der Waals surface area (Å²) in [4.78, 5) is 22.0. The second kappa shape index (κ2) is 5.71. The minimum Gasteiger partial charge on any atom is -0.437 e. The van der Waals surface area contributed by atoms with Crippen molar-refractivity contribution in [1.29, 1.82) is 0 Å². The average Bonchev–Trinajstić information content (AvgIpc) is 2.72. The fraction of sp³-hybridized carbons (Fsp3) is 0.300. The van der Waals surface area contributed by atoms with Gasteiger partial charge in [-0.3, -0.25) is 0 Å². The summed E-state index contributed by atoms with van der Waals surface area (Å²) in [7, 11) is 2.23. The molecule has 0 saturated carbocycles. The monoisotopic (exact) mass is 257 g/mol. The smallest absolute Gasteiger partial charge is 0.437 e. The van der Waals surface area contributed by atoms with E-state index in [0.717, 1.165) is 14.2 Å². The van der Waals surface area contributed by atoms with Crippen LogP contribution in [0.2, 0.25) is 0 Å². The zero-order valence-electron chi connectivity index (χ0n) is 10.0. The van der Waals surface area contributed by atoms with Gasteiger partial charge in [0.05, 0.1) is 14.2 Å². The molecular formula is C10H11NO7. The number of carbonyl (C=O) groups excluding carboxylic acids is 2. The molecule has 0 aliphatic heterocycles. The van der Waals surface area contributed by atoms with E-state index in [0.29, 0.717) is 5.57 Å². The Morgan fingerprint density at radius 3 is 2.22 bits per heavy atom. The summed E-state index contributed by atoms with van der Waals surface area (Å²) < 4.78 is 22.7. The van der Waals surface area contributed by atoms with Gasteiger partial charge in [0.1, 0.15) is 0 Å². The molecule has 0 N–H and O–H groups in total. The van der Waals surface area contributed by atoms with Crippen LogP contribution < -0.4 is 9.47 Å². The third kappa shape index (κ3) is 3.00. The highest BCUT2D eigenvalue weighted by Gasteiger charge is 2.25. The molecule has 1 rings (SSSR count). The van der Waals surface area contributed by atoms with Crippen LogP contribution in [-0.4, -0.2) is 31.7 Å². The average molecular weight is 257 g/mol. The molecule has 1 heterocycles. The molecule has 0 fully saturated rings. The zero-order valence-corrected chi connectivity index (χ0v) is 10.0. The molecule has 0 unspecified atom stereocenters. The van der Waals surface area contributed by atoms with Gasteiger partial charge >= 0.3 is 18.3 Å². The number of nitrogens with zero attached hydrogens (tertiary/aromatic N) is 1. The molecule has 0 bridgehead atoms. The molecule has 0 aliphatic carbocycles. The van der Waals surface area contributed by atoms with Crippen LogP contribution in [0.4, 0.5) is 9.59 Å². The first-order valence-corrected chi connectivity index (χ1v) is 4.66. The van der Waals surface area contributed by atoms with Gasteiger partial charge < -0.3 is 23.5 Å². The highest BCUT2D eigenvalue weighted by Crippen LogP contribution is 2.35. The van der Waals surface area contributed by atoms with Gasteiger partial charge in [0, 0.05) is 0 Å². The van der Waals surface area contributed by atoms with Crippen molar-refractivity contribution in [2.75, 3.05) is 14.2 Å². The molecule has 0 radical (unpaired) electrons. The van der Waals surface area contributed by atoms with Crippen LogP contribution in [0.25, 0.3) is 5.57 Å². The summed E-state index contributed by atoms with van der Waals surface area (Å²) in [5, 5.41) is 3.55. The van der Waals surface area contributed by atoms with Gasteiger partial charge in [0.2, 0.25) is 5.75 Å². The van der Waals surface area contributed by atoms with Crippen molar-refractivity contribution in [3.63, 3.8) is 0 Å². The first kappa shape index (κ1) is 13.6. The van der Waals surface area contributed by atoms with E-state index >= 15 is 0 Å². The van der Waals surface area contributed by atoms with Crippen molar-refractivity contribution in [3.05, 3.63) is 12.3 Å². The fourth-order valence-corrected chi connectivity index (χ4v) is 0.936. The number of rotatable bonds is 3. The molecule has 8 heteroatoms. The first-order valence-electron chi connectivity index (χ1n) is 4.66. The van der Waals surface area contributed by atoms with E-state index < -0.39 is 18.3 Å². The van der Waals surface area contributed by atoms with Gasteiger partial charge in [-0.1, -0.05) is 11.7 Å². The Kier molecular flexibility index (Phi) is 4.30. The minimum absolute atomic E-state index is 0.124. The maximum absolute atomic E-state index is 11.0. The van der Waals surface area contributed by atoms with E-state index in [1.54, 1.807) is 6.92 Å². The molecule has 0 spiro atoms. The largest absolute Gasteiger partial charge is 0.516 e. The molecule has 8 nitrogen and oxygen atoms in total. The third-order valence-corrected chi connectivity index (χ3v) is 1.72. The van der Waals surface area contributed by atoms with Crippen LogP contribution in [0.3, 0.4) is 0 Å². The summed E-state index contributed by atoms with van der Waals surface area (Å²) in [5.41, 5.74) is 0.566. The highest BCUT2D eigenvalue weighted by molar-refractivity contribution is 5.73. The van der Waals surface area contributed by atoms with Gasteiger partial charge in [-0.05, 0) is 12.5 Å². The number of allylic oxidation sites excluding steroid dienone is 1. The predicted octanol–water partition coefficient (Wildman–Crippen LogP) is 2.00. The quantitative estimate of drug-likeness (QED) is 0.758. The van der Waals surface area contributed by atoms with Crippen LogP contribution in [0.15, 0.2) is 11.1 Å². The summed E-state index contributed by atoms with van der Waals surface area (Å²) in [6.45, 7) is 5.21. The lowest BCUT2D eigenvalue weighted by molar-refractivity contribution is 0.0992. The first-order chi connectivity index (χ1) is 8.49. The topological polar surface area (TPSA) is 97.1 Å².